The molecule has 3 rings (SSSR count). The second-order valence-corrected chi connectivity index (χ2v) is 7.70. The number of amides is 3. The number of nitrogens with zero attached hydrogens (tertiary/aromatic N) is 2. The summed E-state index contributed by atoms with van der Waals surface area (Å²) in [5, 5.41) is 3.19. The van der Waals surface area contributed by atoms with E-state index in [4.69, 9.17) is 27.9 Å². The molecule has 9 heteroatoms. The van der Waals surface area contributed by atoms with E-state index < -0.39 is 0 Å². The first-order valence-corrected chi connectivity index (χ1v) is 10.7. The maximum Gasteiger partial charge on any atom is 0.255 e. The van der Waals surface area contributed by atoms with Crippen LogP contribution in [-0.4, -0.2) is 66.9 Å². The lowest BCUT2D eigenvalue weighted by atomic mass is 10.1. The van der Waals surface area contributed by atoms with Gasteiger partial charge in [0.1, 0.15) is 5.75 Å². The Labute approximate surface area is 190 Å². The van der Waals surface area contributed by atoms with E-state index in [2.05, 4.69) is 5.32 Å². The van der Waals surface area contributed by atoms with Gasteiger partial charge < -0.3 is 19.9 Å². The zero-order chi connectivity index (χ0) is 22.4. The Morgan fingerprint density at radius 1 is 0.968 bits per heavy atom. The highest BCUT2D eigenvalue weighted by molar-refractivity contribution is 6.43. The largest absolute Gasteiger partial charge is 0.494 e. The zero-order valence-electron chi connectivity index (χ0n) is 17.1. The molecule has 1 N–H and O–H groups in total. The van der Waals surface area contributed by atoms with Crippen LogP contribution in [0.3, 0.4) is 0 Å². The molecular formula is C22H23Cl2N3O4. The summed E-state index contributed by atoms with van der Waals surface area (Å²) in [5.41, 5.74) is 0.793. The van der Waals surface area contributed by atoms with Crippen molar-refractivity contribution in [2.24, 2.45) is 0 Å². The van der Waals surface area contributed by atoms with Gasteiger partial charge in [-0.15, -0.1) is 0 Å². The molecule has 0 saturated carbocycles. The van der Waals surface area contributed by atoms with Gasteiger partial charge in [-0.3, -0.25) is 14.4 Å². The summed E-state index contributed by atoms with van der Waals surface area (Å²) < 4.78 is 5.35. The number of piperazine rings is 1. The third-order valence-electron chi connectivity index (χ3n) is 4.93. The monoisotopic (exact) mass is 463 g/mol. The van der Waals surface area contributed by atoms with Gasteiger partial charge >= 0.3 is 0 Å². The maximum absolute atomic E-state index is 12.7. The summed E-state index contributed by atoms with van der Waals surface area (Å²) in [4.78, 5) is 40.7. The predicted molar refractivity (Wildman–Crippen MR) is 119 cm³/mol. The van der Waals surface area contributed by atoms with Crippen LogP contribution < -0.4 is 10.1 Å². The SMILES string of the molecule is CCOc1ccc(C(=O)NCC(=O)N2CCN(C(=O)c3cccc(Cl)c3Cl)CC2)cc1. The highest BCUT2D eigenvalue weighted by Crippen LogP contribution is 2.26. The van der Waals surface area contributed by atoms with Crippen LogP contribution in [0.15, 0.2) is 42.5 Å². The third-order valence-corrected chi connectivity index (χ3v) is 5.75. The van der Waals surface area contributed by atoms with Crippen molar-refractivity contribution < 1.29 is 19.1 Å². The summed E-state index contributed by atoms with van der Waals surface area (Å²) in [6.07, 6.45) is 0. The van der Waals surface area contributed by atoms with Gasteiger partial charge in [0.2, 0.25) is 5.91 Å². The van der Waals surface area contributed by atoms with Gasteiger partial charge in [0.15, 0.2) is 0 Å². The molecule has 1 heterocycles. The number of rotatable bonds is 6. The Balaban J connectivity index is 1.48. The number of carbonyl (C=O) groups is 3. The van der Waals surface area contributed by atoms with E-state index in [1.165, 1.54) is 0 Å². The van der Waals surface area contributed by atoms with Crippen LogP contribution in [-0.2, 0) is 4.79 Å². The van der Waals surface area contributed by atoms with Crippen molar-refractivity contribution in [3.05, 3.63) is 63.6 Å². The van der Waals surface area contributed by atoms with Gasteiger partial charge in [-0.1, -0.05) is 29.3 Å². The van der Waals surface area contributed by atoms with E-state index >= 15 is 0 Å². The van der Waals surface area contributed by atoms with Crippen molar-refractivity contribution >= 4 is 40.9 Å². The molecule has 2 aromatic rings. The second kappa shape index (κ2) is 10.5. The molecule has 0 bridgehead atoms. The van der Waals surface area contributed by atoms with Crippen LogP contribution in [0.2, 0.25) is 10.0 Å². The minimum absolute atomic E-state index is 0.111. The molecule has 0 unspecified atom stereocenters. The molecule has 3 amide bonds. The molecule has 7 nitrogen and oxygen atoms in total. The predicted octanol–water partition coefficient (Wildman–Crippen LogP) is 3.11. The number of nitrogens with one attached hydrogen (secondary N) is 1. The third kappa shape index (κ3) is 5.68. The van der Waals surface area contributed by atoms with Gasteiger partial charge in [0.25, 0.3) is 11.8 Å². The Hall–Kier alpha value is -2.77. The molecule has 0 spiro atoms. The number of hydrogen-bond acceptors (Lipinski definition) is 4. The fourth-order valence-corrected chi connectivity index (χ4v) is 3.62. The topological polar surface area (TPSA) is 79.0 Å². The highest BCUT2D eigenvalue weighted by atomic mass is 35.5. The lowest BCUT2D eigenvalue weighted by Gasteiger charge is -2.35. The summed E-state index contributed by atoms with van der Waals surface area (Å²) in [5.74, 6) is -0.0713. The number of halogens is 2. The molecule has 164 valence electrons. The average Bonchev–Trinajstić information content (AvgIpc) is 2.79. The molecule has 1 saturated heterocycles. The Kier molecular flexibility index (Phi) is 7.76. The van der Waals surface area contributed by atoms with Crippen LogP contribution in [0.4, 0.5) is 0 Å². The van der Waals surface area contributed by atoms with E-state index in [1.54, 1.807) is 52.3 Å². The second-order valence-electron chi connectivity index (χ2n) is 6.91. The van der Waals surface area contributed by atoms with Crippen LogP contribution in [0.1, 0.15) is 27.6 Å². The normalized spacial score (nSPS) is 13.6. The van der Waals surface area contributed by atoms with Crippen LogP contribution >= 0.6 is 23.2 Å². The zero-order valence-corrected chi connectivity index (χ0v) is 18.6. The fourth-order valence-electron chi connectivity index (χ4n) is 3.24. The Bertz CT molecular complexity index is 958. The van der Waals surface area contributed by atoms with Gasteiger partial charge in [-0.2, -0.15) is 0 Å². The number of ether oxygens (including phenoxy) is 1. The Morgan fingerprint density at radius 3 is 2.26 bits per heavy atom. The number of benzene rings is 2. The maximum atomic E-state index is 12.7. The van der Waals surface area contributed by atoms with E-state index in [0.29, 0.717) is 54.7 Å². The lowest BCUT2D eigenvalue weighted by Crippen LogP contribution is -2.52. The minimum atomic E-state index is -0.333. The fraction of sp³-hybridized carbons (Fsp3) is 0.318. The first kappa shape index (κ1) is 22.9. The van der Waals surface area contributed by atoms with Gasteiger partial charge in [-0.25, -0.2) is 0 Å². The van der Waals surface area contributed by atoms with Crippen molar-refractivity contribution in [2.75, 3.05) is 39.3 Å². The van der Waals surface area contributed by atoms with Crippen molar-refractivity contribution in [3.63, 3.8) is 0 Å². The summed E-state index contributed by atoms with van der Waals surface area (Å²) in [7, 11) is 0. The van der Waals surface area contributed by atoms with Crippen molar-refractivity contribution in [1.82, 2.24) is 15.1 Å². The van der Waals surface area contributed by atoms with Gasteiger partial charge in [-0.05, 0) is 43.3 Å². The average molecular weight is 464 g/mol. The molecule has 2 aromatic carbocycles. The van der Waals surface area contributed by atoms with Gasteiger partial charge in [0.05, 0.1) is 28.8 Å². The van der Waals surface area contributed by atoms with E-state index in [0.717, 1.165) is 0 Å². The number of carbonyl (C=O) groups excluding carboxylic acids is 3. The molecule has 1 aliphatic rings. The summed E-state index contributed by atoms with van der Waals surface area (Å²) >= 11 is 12.1. The molecule has 1 aliphatic heterocycles. The molecule has 0 radical (unpaired) electrons. The molecular weight excluding hydrogens is 441 g/mol. The van der Waals surface area contributed by atoms with Crippen LogP contribution in [0, 0.1) is 0 Å². The summed E-state index contributed by atoms with van der Waals surface area (Å²) in [6, 6.07) is 11.6. The molecule has 0 aromatic heterocycles. The molecule has 31 heavy (non-hydrogen) atoms. The molecule has 0 aliphatic carbocycles. The van der Waals surface area contributed by atoms with Gasteiger partial charge in [0, 0.05) is 31.7 Å². The molecule has 1 fully saturated rings. The first-order chi connectivity index (χ1) is 14.9. The van der Waals surface area contributed by atoms with Crippen molar-refractivity contribution in [2.45, 2.75) is 6.92 Å². The standard InChI is InChI=1S/C22H23Cl2N3O4/c1-2-31-16-8-6-15(7-9-16)21(29)25-14-19(28)26-10-12-27(13-11-26)22(30)17-4-3-5-18(23)20(17)24/h3-9H,2,10-14H2,1H3,(H,25,29). The lowest BCUT2D eigenvalue weighted by molar-refractivity contribution is -0.131. The number of hydrogen-bond donors (Lipinski definition) is 1. The first-order valence-electron chi connectivity index (χ1n) is 9.92. The summed E-state index contributed by atoms with van der Waals surface area (Å²) in [6.45, 7) is 3.82. The van der Waals surface area contributed by atoms with Crippen LogP contribution in [0.5, 0.6) is 5.75 Å². The van der Waals surface area contributed by atoms with Crippen molar-refractivity contribution in [1.29, 1.82) is 0 Å². The van der Waals surface area contributed by atoms with E-state index in [9.17, 15) is 14.4 Å². The quantitative estimate of drug-likeness (QED) is 0.713. The highest BCUT2D eigenvalue weighted by Gasteiger charge is 2.26. The van der Waals surface area contributed by atoms with E-state index in [-0.39, 0.29) is 29.3 Å². The van der Waals surface area contributed by atoms with Crippen LogP contribution in [0.25, 0.3) is 0 Å². The Morgan fingerprint density at radius 2 is 1.61 bits per heavy atom. The van der Waals surface area contributed by atoms with E-state index in [1.807, 2.05) is 6.92 Å². The van der Waals surface area contributed by atoms with Crippen molar-refractivity contribution in [3.8, 4) is 5.75 Å². The molecule has 0 atom stereocenters. The minimum Gasteiger partial charge on any atom is -0.494 e. The smallest absolute Gasteiger partial charge is 0.255 e.